The summed E-state index contributed by atoms with van der Waals surface area (Å²) in [5, 5.41) is 12.2. The number of aromatic hydroxyl groups is 1. The Morgan fingerprint density at radius 1 is 1.31 bits per heavy atom. The highest BCUT2D eigenvalue weighted by molar-refractivity contribution is 5.95. The van der Waals surface area contributed by atoms with Crippen LogP contribution in [0.3, 0.4) is 0 Å². The number of aromatic nitrogens is 1. The molecule has 4 N–H and O–H groups in total. The Bertz CT molecular complexity index is 602. The molecule has 0 fully saturated rings. The van der Waals surface area contributed by atoms with Gasteiger partial charge in [-0.15, -0.1) is 0 Å². The van der Waals surface area contributed by atoms with Crippen LogP contribution in [0, 0.1) is 11.8 Å². The summed E-state index contributed by atoms with van der Waals surface area (Å²) in [5.74, 6) is -0.652. The molecule has 2 amide bonds. The molecule has 0 spiro atoms. The maximum atomic E-state index is 11.8. The zero-order valence-electron chi connectivity index (χ0n) is 15.8. The van der Waals surface area contributed by atoms with Gasteiger partial charge < -0.3 is 20.3 Å². The van der Waals surface area contributed by atoms with Gasteiger partial charge in [0.05, 0.1) is 12.6 Å². The molecule has 0 bridgehead atoms. The molecule has 0 aromatic carbocycles. The second-order valence-electron chi connectivity index (χ2n) is 6.57. The fraction of sp³-hybridized carbons (Fsp3) is 0.611. The Morgan fingerprint density at radius 2 is 1.96 bits per heavy atom. The van der Waals surface area contributed by atoms with Gasteiger partial charge in [0.15, 0.2) is 5.75 Å². The van der Waals surface area contributed by atoms with E-state index in [1.165, 1.54) is 12.3 Å². The smallest absolute Gasteiger partial charge is 0.420 e. The molecule has 0 aliphatic rings. The van der Waals surface area contributed by atoms with Crippen molar-refractivity contribution in [2.24, 2.45) is 17.6 Å². The topological polar surface area (TPSA) is 124 Å². The van der Waals surface area contributed by atoms with Gasteiger partial charge in [-0.1, -0.05) is 40.5 Å². The normalized spacial score (nSPS) is 12.1. The molecule has 1 aromatic rings. The lowest BCUT2D eigenvalue weighted by Crippen LogP contribution is -2.45. The number of hydrogen-bond acceptors (Lipinski definition) is 7. The number of amides is 2. The molecule has 26 heavy (non-hydrogen) atoms. The summed E-state index contributed by atoms with van der Waals surface area (Å²) in [6, 6.07) is 0.658. The van der Waals surface area contributed by atoms with Crippen molar-refractivity contribution in [3.05, 3.63) is 12.3 Å². The first-order chi connectivity index (χ1) is 12.3. The van der Waals surface area contributed by atoms with Crippen LogP contribution >= 0.6 is 0 Å². The first kappa shape index (κ1) is 21.7. The number of nitrogens with two attached hydrogens (primary N) is 1. The third kappa shape index (κ3) is 6.87. The van der Waals surface area contributed by atoms with Crippen LogP contribution in [-0.4, -0.2) is 34.7 Å². The lowest BCUT2D eigenvalue weighted by atomic mass is 10.0. The van der Waals surface area contributed by atoms with Crippen molar-refractivity contribution >= 4 is 12.0 Å². The standard InChI is InChI=1S/C18H29N3O5/c1-5-12(6-2)10-25-14-7-8-20-17(15(14)22)26-18(24)21-16(23)13(19)9-11(3)4/h7-8,11-13,22H,5-6,9-10,19H2,1-4H3,(H,21,23,24)/t13-/m0/s1. The Morgan fingerprint density at radius 3 is 2.54 bits per heavy atom. The van der Waals surface area contributed by atoms with Crippen LogP contribution in [0.4, 0.5) is 4.79 Å². The number of nitrogens with zero attached hydrogens (tertiary/aromatic N) is 1. The molecular weight excluding hydrogens is 338 g/mol. The predicted molar refractivity (Wildman–Crippen MR) is 97.1 cm³/mol. The number of ether oxygens (including phenoxy) is 2. The van der Waals surface area contributed by atoms with E-state index in [-0.39, 0.29) is 17.5 Å². The number of nitrogens with one attached hydrogen (secondary N) is 1. The van der Waals surface area contributed by atoms with E-state index in [9.17, 15) is 14.7 Å². The Hall–Kier alpha value is -2.35. The molecule has 0 aliphatic heterocycles. The first-order valence-electron chi connectivity index (χ1n) is 8.87. The highest BCUT2D eigenvalue weighted by Gasteiger charge is 2.21. The summed E-state index contributed by atoms with van der Waals surface area (Å²) in [4.78, 5) is 27.5. The maximum absolute atomic E-state index is 11.8. The molecule has 146 valence electrons. The van der Waals surface area contributed by atoms with Crippen molar-refractivity contribution in [3.8, 4) is 17.4 Å². The van der Waals surface area contributed by atoms with Crippen molar-refractivity contribution in [1.29, 1.82) is 0 Å². The number of imide groups is 1. The Kier molecular flexibility index (Phi) is 8.84. The van der Waals surface area contributed by atoms with Gasteiger partial charge in [0.1, 0.15) is 0 Å². The van der Waals surface area contributed by atoms with Gasteiger partial charge in [0.25, 0.3) is 5.88 Å². The average molecular weight is 367 g/mol. The number of rotatable bonds is 9. The average Bonchev–Trinajstić information content (AvgIpc) is 2.58. The molecule has 0 aliphatic carbocycles. The van der Waals surface area contributed by atoms with Crippen LogP contribution in [0.15, 0.2) is 12.3 Å². The van der Waals surface area contributed by atoms with Crippen molar-refractivity contribution in [2.45, 2.75) is 53.0 Å². The molecule has 8 heteroatoms. The van der Waals surface area contributed by atoms with Gasteiger partial charge >= 0.3 is 6.09 Å². The lowest BCUT2D eigenvalue weighted by molar-refractivity contribution is -0.121. The molecule has 1 aromatic heterocycles. The van der Waals surface area contributed by atoms with E-state index < -0.39 is 23.8 Å². The third-order valence-electron chi connectivity index (χ3n) is 3.96. The van der Waals surface area contributed by atoms with E-state index in [1.54, 1.807) is 0 Å². The van der Waals surface area contributed by atoms with Gasteiger partial charge in [-0.3, -0.25) is 10.1 Å². The molecule has 0 unspecified atom stereocenters. The third-order valence-corrected chi connectivity index (χ3v) is 3.96. The first-order valence-corrected chi connectivity index (χ1v) is 8.87. The van der Waals surface area contributed by atoms with Crippen LogP contribution in [0.2, 0.25) is 0 Å². The minimum Gasteiger partial charge on any atom is -0.501 e. The summed E-state index contributed by atoms with van der Waals surface area (Å²) in [6.07, 6.45) is 2.62. The molecule has 1 heterocycles. The minimum atomic E-state index is -1.06. The quantitative estimate of drug-likeness (QED) is 0.613. The summed E-state index contributed by atoms with van der Waals surface area (Å²) >= 11 is 0. The molecule has 0 saturated carbocycles. The Balaban J connectivity index is 2.68. The summed E-state index contributed by atoms with van der Waals surface area (Å²) in [5.41, 5.74) is 5.70. The highest BCUT2D eigenvalue weighted by Crippen LogP contribution is 2.34. The lowest BCUT2D eigenvalue weighted by Gasteiger charge is -2.15. The largest absolute Gasteiger partial charge is 0.501 e. The van der Waals surface area contributed by atoms with Crippen LogP contribution in [-0.2, 0) is 4.79 Å². The van der Waals surface area contributed by atoms with Crippen molar-refractivity contribution in [1.82, 2.24) is 10.3 Å². The van der Waals surface area contributed by atoms with Gasteiger partial charge in [0.2, 0.25) is 11.7 Å². The maximum Gasteiger partial charge on any atom is 0.420 e. The van der Waals surface area contributed by atoms with Crippen molar-refractivity contribution in [2.75, 3.05) is 6.61 Å². The molecule has 1 atom stereocenters. The van der Waals surface area contributed by atoms with Gasteiger partial charge in [-0.25, -0.2) is 9.78 Å². The van der Waals surface area contributed by atoms with Crippen molar-refractivity contribution in [3.63, 3.8) is 0 Å². The summed E-state index contributed by atoms with van der Waals surface area (Å²) in [6.45, 7) is 8.38. The van der Waals surface area contributed by atoms with Crippen LogP contribution in [0.5, 0.6) is 17.4 Å². The van der Waals surface area contributed by atoms with E-state index in [1.807, 2.05) is 19.2 Å². The minimum absolute atomic E-state index is 0.164. The van der Waals surface area contributed by atoms with E-state index >= 15 is 0 Å². The molecule has 0 saturated heterocycles. The summed E-state index contributed by atoms with van der Waals surface area (Å²) in [7, 11) is 0. The van der Waals surface area contributed by atoms with Gasteiger partial charge in [-0.2, -0.15) is 0 Å². The zero-order chi connectivity index (χ0) is 19.7. The second kappa shape index (κ2) is 10.6. The van der Waals surface area contributed by atoms with Crippen LogP contribution in [0.1, 0.15) is 47.0 Å². The van der Waals surface area contributed by atoms with Crippen molar-refractivity contribution < 1.29 is 24.2 Å². The van der Waals surface area contributed by atoms with E-state index in [0.29, 0.717) is 18.9 Å². The zero-order valence-corrected chi connectivity index (χ0v) is 15.8. The predicted octanol–water partition coefficient (Wildman–Crippen LogP) is 2.59. The van der Waals surface area contributed by atoms with E-state index in [2.05, 4.69) is 18.8 Å². The molecular formula is C18H29N3O5. The number of hydrogen-bond donors (Lipinski definition) is 3. The van der Waals surface area contributed by atoms with Crippen LogP contribution < -0.4 is 20.5 Å². The molecule has 1 rings (SSSR count). The molecule has 0 radical (unpaired) electrons. The molecule has 8 nitrogen and oxygen atoms in total. The monoisotopic (exact) mass is 367 g/mol. The SMILES string of the molecule is CCC(CC)COc1ccnc(OC(=O)NC(=O)[C@@H](N)CC(C)C)c1O. The number of carbonyl (C=O) groups excluding carboxylic acids is 2. The fourth-order valence-electron chi connectivity index (χ4n) is 2.26. The van der Waals surface area contributed by atoms with Gasteiger partial charge in [0, 0.05) is 12.3 Å². The van der Waals surface area contributed by atoms with Gasteiger partial charge in [-0.05, 0) is 18.3 Å². The van der Waals surface area contributed by atoms with E-state index in [4.69, 9.17) is 15.2 Å². The highest BCUT2D eigenvalue weighted by atomic mass is 16.6. The summed E-state index contributed by atoms with van der Waals surface area (Å²) < 4.78 is 10.5. The fourth-order valence-corrected chi connectivity index (χ4v) is 2.26. The van der Waals surface area contributed by atoms with E-state index in [0.717, 1.165) is 12.8 Å². The second-order valence-corrected chi connectivity index (χ2v) is 6.57. The number of pyridine rings is 1. The van der Waals surface area contributed by atoms with Crippen LogP contribution in [0.25, 0.3) is 0 Å². The Labute approximate surface area is 154 Å². The number of carbonyl (C=O) groups is 2.